The van der Waals surface area contributed by atoms with Gasteiger partial charge in [-0.25, -0.2) is 9.97 Å². The van der Waals surface area contributed by atoms with Crippen molar-refractivity contribution in [2.24, 2.45) is 0 Å². The zero-order valence-electron chi connectivity index (χ0n) is 17.0. The third kappa shape index (κ3) is 3.51. The summed E-state index contributed by atoms with van der Waals surface area (Å²) in [7, 11) is 2.11. The topological polar surface area (TPSA) is 99.5 Å². The third-order valence-corrected chi connectivity index (χ3v) is 5.19. The highest BCUT2D eigenvalue weighted by molar-refractivity contribution is 5.95. The van der Waals surface area contributed by atoms with Crippen molar-refractivity contribution < 1.29 is 0 Å². The number of aryl methyl sites for hydroxylation is 1. The van der Waals surface area contributed by atoms with Gasteiger partial charge in [-0.3, -0.25) is 9.88 Å². The van der Waals surface area contributed by atoms with Crippen molar-refractivity contribution in [3.63, 3.8) is 0 Å². The second-order valence-electron chi connectivity index (χ2n) is 7.71. The average Bonchev–Trinajstić information content (AvgIpc) is 3.30. The number of pyridine rings is 2. The van der Waals surface area contributed by atoms with E-state index in [0.717, 1.165) is 52.3 Å². The fraction of sp³-hybridized carbons (Fsp3) is 0.174. The van der Waals surface area contributed by atoms with E-state index in [1.165, 1.54) is 5.56 Å². The fourth-order valence-corrected chi connectivity index (χ4v) is 3.90. The van der Waals surface area contributed by atoms with Crippen LogP contribution in [0.3, 0.4) is 0 Å². The molecule has 1 aromatic carbocycles. The molecule has 0 radical (unpaired) electrons. The number of aromatic amines is 2. The molecule has 0 saturated carbocycles. The number of rotatable bonds is 5. The van der Waals surface area contributed by atoms with Gasteiger partial charge in [0.25, 0.3) is 0 Å². The molecule has 30 heavy (non-hydrogen) atoms. The van der Waals surface area contributed by atoms with Crippen LogP contribution in [-0.4, -0.2) is 36.9 Å². The Bertz CT molecular complexity index is 1330. The summed E-state index contributed by atoms with van der Waals surface area (Å²) in [6, 6.07) is 16.6. The van der Waals surface area contributed by atoms with Crippen molar-refractivity contribution in [1.29, 1.82) is 0 Å². The molecule has 0 bridgehead atoms. The van der Waals surface area contributed by atoms with Crippen LogP contribution in [0.5, 0.6) is 0 Å². The van der Waals surface area contributed by atoms with Crippen LogP contribution in [0.4, 0.5) is 5.82 Å². The SMILES string of the molecule is Cc1nc2nc(N)cc(-c3cc4cc(CN(C)Cc5ccccn5)ccc4[nH]3)c2[nH]1. The van der Waals surface area contributed by atoms with Crippen molar-refractivity contribution in [2.75, 3.05) is 12.8 Å². The van der Waals surface area contributed by atoms with Gasteiger partial charge < -0.3 is 15.7 Å². The standard InChI is InChI=1S/C23H23N7/c1-14-26-22-18(11-21(24)29-23(22)27-14)20-10-16-9-15(6-7-19(16)28-20)12-30(2)13-17-5-3-4-8-25-17/h3-11,28H,12-13H2,1-2H3,(H3,24,26,27,29). The van der Waals surface area contributed by atoms with E-state index < -0.39 is 0 Å². The summed E-state index contributed by atoms with van der Waals surface area (Å²) in [5, 5.41) is 1.16. The molecule has 7 heteroatoms. The minimum atomic E-state index is 0.458. The number of aromatic nitrogens is 5. The highest BCUT2D eigenvalue weighted by Crippen LogP contribution is 2.30. The zero-order valence-corrected chi connectivity index (χ0v) is 17.0. The number of nitrogens with zero attached hydrogens (tertiary/aromatic N) is 4. The first-order chi connectivity index (χ1) is 14.5. The van der Waals surface area contributed by atoms with Crippen LogP contribution in [0.15, 0.2) is 54.7 Å². The van der Waals surface area contributed by atoms with Gasteiger partial charge in [0.1, 0.15) is 11.6 Å². The van der Waals surface area contributed by atoms with Crippen LogP contribution in [-0.2, 0) is 13.1 Å². The van der Waals surface area contributed by atoms with Crippen LogP contribution in [0.1, 0.15) is 17.1 Å². The first-order valence-corrected chi connectivity index (χ1v) is 9.88. The Morgan fingerprint density at radius 1 is 1.00 bits per heavy atom. The van der Waals surface area contributed by atoms with Crippen molar-refractivity contribution in [3.05, 3.63) is 71.8 Å². The lowest BCUT2D eigenvalue weighted by atomic mass is 10.1. The largest absolute Gasteiger partial charge is 0.384 e. The molecule has 7 nitrogen and oxygen atoms in total. The molecule has 0 saturated heterocycles. The van der Waals surface area contributed by atoms with E-state index in [1.54, 1.807) is 0 Å². The molecule has 0 aliphatic carbocycles. The highest BCUT2D eigenvalue weighted by Gasteiger charge is 2.13. The van der Waals surface area contributed by atoms with E-state index >= 15 is 0 Å². The summed E-state index contributed by atoms with van der Waals surface area (Å²) in [5.41, 5.74) is 12.9. The molecule has 4 N–H and O–H groups in total. The Morgan fingerprint density at radius 2 is 1.90 bits per heavy atom. The van der Waals surface area contributed by atoms with Gasteiger partial charge in [0, 0.05) is 41.4 Å². The molecule has 0 fully saturated rings. The second-order valence-corrected chi connectivity index (χ2v) is 7.71. The first kappa shape index (κ1) is 18.3. The van der Waals surface area contributed by atoms with Crippen LogP contribution in [0.25, 0.3) is 33.3 Å². The van der Waals surface area contributed by atoms with Crippen LogP contribution in [0, 0.1) is 6.92 Å². The smallest absolute Gasteiger partial charge is 0.180 e. The number of nitrogens with one attached hydrogen (secondary N) is 2. The Balaban J connectivity index is 1.45. The molecule has 0 aliphatic rings. The molecule has 0 amide bonds. The van der Waals surface area contributed by atoms with Crippen molar-refractivity contribution in [1.82, 2.24) is 29.8 Å². The Labute approximate surface area is 174 Å². The van der Waals surface area contributed by atoms with Crippen LogP contribution in [0.2, 0.25) is 0 Å². The molecular formula is C23H23N7. The molecule has 0 unspecified atom stereocenters. The molecular weight excluding hydrogens is 374 g/mol. The number of hydrogen-bond acceptors (Lipinski definition) is 5. The Morgan fingerprint density at radius 3 is 2.73 bits per heavy atom. The number of imidazole rings is 1. The molecule has 0 atom stereocenters. The van der Waals surface area contributed by atoms with E-state index in [1.807, 2.05) is 31.3 Å². The third-order valence-electron chi connectivity index (χ3n) is 5.19. The molecule has 0 spiro atoms. The van der Waals surface area contributed by atoms with Gasteiger partial charge >= 0.3 is 0 Å². The number of nitrogen functional groups attached to an aromatic ring is 1. The van der Waals surface area contributed by atoms with Gasteiger partial charge in [-0.1, -0.05) is 12.1 Å². The van der Waals surface area contributed by atoms with Gasteiger partial charge in [0.15, 0.2) is 5.65 Å². The summed E-state index contributed by atoms with van der Waals surface area (Å²) in [4.78, 5) is 22.2. The van der Waals surface area contributed by atoms with Crippen LogP contribution < -0.4 is 5.73 Å². The molecule has 0 aliphatic heterocycles. The van der Waals surface area contributed by atoms with Gasteiger partial charge in [0.05, 0.1) is 11.2 Å². The summed E-state index contributed by atoms with van der Waals surface area (Å²) in [6.07, 6.45) is 1.83. The number of anilines is 1. The van der Waals surface area contributed by atoms with Crippen molar-refractivity contribution in [2.45, 2.75) is 20.0 Å². The number of fused-ring (bicyclic) bond motifs is 2. The van der Waals surface area contributed by atoms with Gasteiger partial charge in [-0.05, 0) is 55.9 Å². The van der Waals surface area contributed by atoms with Gasteiger partial charge in [-0.2, -0.15) is 0 Å². The highest BCUT2D eigenvalue weighted by atomic mass is 15.1. The lowest BCUT2D eigenvalue weighted by Gasteiger charge is -2.16. The maximum atomic E-state index is 6.02. The fourth-order valence-electron chi connectivity index (χ4n) is 3.90. The molecule has 4 heterocycles. The average molecular weight is 397 g/mol. The van der Waals surface area contributed by atoms with Gasteiger partial charge in [0.2, 0.25) is 0 Å². The van der Waals surface area contributed by atoms with E-state index in [2.05, 4.69) is 67.2 Å². The normalized spacial score (nSPS) is 11.7. The first-order valence-electron chi connectivity index (χ1n) is 9.88. The lowest BCUT2D eigenvalue weighted by Crippen LogP contribution is -2.17. The monoisotopic (exact) mass is 397 g/mol. The molecule has 4 aromatic heterocycles. The summed E-state index contributed by atoms with van der Waals surface area (Å²) < 4.78 is 0. The number of hydrogen-bond donors (Lipinski definition) is 3. The van der Waals surface area contributed by atoms with E-state index in [0.29, 0.717) is 11.5 Å². The van der Waals surface area contributed by atoms with E-state index in [9.17, 15) is 0 Å². The summed E-state index contributed by atoms with van der Waals surface area (Å²) in [5.74, 6) is 1.28. The Kier molecular flexibility index (Phi) is 4.44. The zero-order chi connectivity index (χ0) is 20.7. The predicted molar refractivity (Wildman–Crippen MR) is 120 cm³/mol. The lowest BCUT2D eigenvalue weighted by molar-refractivity contribution is 0.315. The quantitative estimate of drug-likeness (QED) is 0.416. The number of H-pyrrole nitrogens is 2. The predicted octanol–water partition coefficient (Wildman–Crippen LogP) is 4.02. The minimum absolute atomic E-state index is 0.458. The summed E-state index contributed by atoms with van der Waals surface area (Å²) >= 11 is 0. The maximum Gasteiger partial charge on any atom is 0.180 e. The minimum Gasteiger partial charge on any atom is -0.384 e. The number of benzene rings is 1. The summed E-state index contributed by atoms with van der Waals surface area (Å²) in [6.45, 7) is 3.57. The molecule has 5 rings (SSSR count). The van der Waals surface area contributed by atoms with E-state index in [-0.39, 0.29) is 0 Å². The van der Waals surface area contributed by atoms with E-state index in [4.69, 9.17) is 5.73 Å². The second kappa shape index (κ2) is 7.27. The molecule has 150 valence electrons. The van der Waals surface area contributed by atoms with Crippen LogP contribution >= 0.6 is 0 Å². The Hall–Kier alpha value is -3.71. The molecule has 5 aromatic rings. The maximum absolute atomic E-state index is 6.02. The van der Waals surface area contributed by atoms with Crippen molar-refractivity contribution in [3.8, 4) is 11.3 Å². The van der Waals surface area contributed by atoms with Gasteiger partial charge in [-0.15, -0.1) is 0 Å². The van der Waals surface area contributed by atoms with Crippen molar-refractivity contribution >= 4 is 27.9 Å². The number of nitrogens with two attached hydrogens (primary N) is 1.